The van der Waals surface area contributed by atoms with Crippen LogP contribution in [0.15, 0.2) is 40.6 Å². The number of hydrogen-bond donors (Lipinski definition) is 2. The number of phenols is 1. The first-order valence-corrected chi connectivity index (χ1v) is 8.11. The number of aliphatic hydroxyl groups is 1. The molecule has 1 aliphatic carbocycles. The lowest BCUT2D eigenvalue weighted by atomic mass is 9.73. The van der Waals surface area contributed by atoms with E-state index in [-0.39, 0.29) is 47.5 Å². The Morgan fingerprint density at radius 1 is 1.24 bits per heavy atom. The van der Waals surface area contributed by atoms with E-state index in [0.717, 1.165) is 0 Å². The Kier molecular flexibility index (Phi) is 5.62. The molecule has 2 rings (SSSR count). The number of para-hydroxylation sites is 2. The third-order valence-electron chi connectivity index (χ3n) is 4.07. The minimum atomic E-state index is -0.463. The average molecular weight is 345 g/mol. The molecule has 0 amide bonds. The Balaban J connectivity index is 2.44. The highest BCUT2D eigenvalue weighted by Crippen LogP contribution is 2.38. The van der Waals surface area contributed by atoms with E-state index in [1.807, 2.05) is 13.8 Å². The molecule has 0 saturated heterocycles. The maximum atomic E-state index is 12.6. The van der Waals surface area contributed by atoms with Gasteiger partial charge in [-0.2, -0.15) is 0 Å². The van der Waals surface area contributed by atoms with E-state index in [2.05, 4.69) is 9.73 Å². The lowest BCUT2D eigenvalue weighted by Crippen LogP contribution is -2.32. The van der Waals surface area contributed by atoms with E-state index in [1.165, 1.54) is 13.2 Å². The maximum Gasteiger partial charge on any atom is 0.305 e. The summed E-state index contributed by atoms with van der Waals surface area (Å²) in [5.41, 5.74) is 0.602. The number of hydrogen-bond acceptors (Lipinski definition) is 6. The number of aromatic hydroxyl groups is 1. The normalized spacial score (nSPS) is 20.4. The Morgan fingerprint density at radius 3 is 2.56 bits per heavy atom. The van der Waals surface area contributed by atoms with Gasteiger partial charge in [-0.05, 0) is 24.0 Å². The molecule has 0 aromatic heterocycles. The van der Waals surface area contributed by atoms with E-state index in [1.54, 1.807) is 18.2 Å². The molecule has 0 radical (unpaired) electrons. The van der Waals surface area contributed by atoms with Crippen LogP contribution in [-0.2, 0) is 14.3 Å². The van der Waals surface area contributed by atoms with Gasteiger partial charge in [0, 0.05) is 12.8 Å². The summed E-state index contributed by atoms with van der Waals surface area (Å²) >= 11 is 0. The van der Waals surface area contributed by atoms with Crippen molar-refractivity contribution in [1.29, 1.82) is 0 Å². The van der Waals surface area contributed by atoms with Crippen LogP contribution < -0.4 is 0 Å². The SMILES string of the molecule is COC(=O)CCC(O)=C1C(=O)CC(C)(C)CC1=Nc1ccccc1O. The summed E-state index contributed by atoms with van der Waals surface area (Å²) in [6, 6.07) is 6.56. The van der Waals surface area contributed by atoms with Gasteiger partial charge in [0.15, 0.2) is 5.78 Å². The summed E-state index contributed by atoms with van der Waals surface area (Å²) in [5.74, 6) is -0.845. The second-order valence-electron chi connectivity index (χ2n) is 6.89. The first-order valence-electron chi connectivity index (χ1n) is 8.11. The zero-order valence-corrected chi connectivity index (χ0v) is 14.7. The quantitative estimate of drug-likeness (QED) is 0.493. The van der Waals surface area contributed by atoms with Gasteiger partial charge in [0.05, 0.1) is 24.8 Å². The second kappa shape index (κ2) is 7.51. The molecule has 25 heavy (non-hydrogen) atoms. The number of benzene rings is 1. The predicted octanol–water partition coefficient (Wildman–Crippen LogP) is 3.62. The molecule has 6 heteroatoms. The third-order valence-corrected chi connectivity index (χ3v) is 4.07. The van der Waals surface area contributed by atoms with Gasteiger partial charge in [0.25, 0.3) is 0 Å². The van der Waals surface area contributed by atoms with Gasteiger partial charge in [-0.25, -0.2) is 4.99 Å². The summed E-state index contributed by atoms with van der Waals surface area (Å²) in [5, 5.41) is 20.3. The summed E-state index contributed by atoms with van der Waals surface area (Å²) in [7, 11) is 1.27. The molecular formula is C19H23NO5. The minimum absolute atomic E-state index is 0.000714. The summed E-state index contributed by atoms with van der Waals surface area (Å²) in [6.45, 7) is 3.90. The molecule has 0 bridgehead atoms. The molecule has 6 nitrogen and oxygen atoms in total. The number of methoxy groups -OCH3 is 1. The number of phenolic OH excluding ortho intramolecular Hbond substituents is 1. The number of carbonyl (C=O) groups is 2. The minimum Gasteiger partial charge on any atom is -0.511 e. The van der Waals surface area contributed by atoms with Crippen molar-refractivity contribution in [2.75, 3.05) is 7.11 Å². The van der Waals surface area contributed by atoms with Crippen molar-refractivity contribution >= 4 is 23.2 Å². The molecule has 1 aromatic rings. The highest BCUT2D eigenvalue weighted by molar-refractivity contribution is 6.25. The van der Waals surface area contributed by atoms with E-state index >= 15 is 0 Å². The third kappa shape index (κ3) is 4.68. The van der Waals surface area contributed by atoms with Crippen molar-refractivity contribution in [1.82, 2.24) is 0 Å². The average Bonchev–Trinajstić information content (AvgIpc) is 2.53. The Labute approximate surface area is 146 Å². The van der Waals surface area contributed by atoms with E-state index in [4.69, 9.17) is 0 Å². The van der Waals surface area contributed by atoms with Crippen molar-refractivity contribution in [3.8, 4) is 5.75 Å². The lowest BCUT2D eigenvalue weighted by molar-refractivity contribution is -0.140. The fourth-order valence-corrected chi connectivity index (χ4v) is 2.86. The molecule has 1 fully saturated rings. The van der Waals surface area contributed by atoms with E-state index in [9.17, 15) is 19.8 Å². The molecule has 1 saturated carbocycles. The van der Waals surface area contributed by atoms with Gasteiger partial charge < -0.3 is 14.9 Å². The van der Waals surface area contributed by atoms with Crippen LogP contribution in [0.2, 0.25) is 0 Å². The number of rotatable bonds is 4. The first kappa shape index (κ1) is 18.7. The highest BCUT2D eigenvalue weighted by atomic mass is 16.5. The van der Waals surface area contributed by atoms with Crippen molar-refractivity contribution < 1.29 is 24.5 Å². The van der Waals surface area contributed by atoms with Crippen LogP contribution in [0.1, 0.15) is 39.5 Å². The van der Waals surface area contributed by atoms with Crippen molar-refractivity contribution in [3.05, 3.63) is 35.6 Å². The molecular weight excluding hydrogens is 322 g/mol. The van der Waals surface area contributed by atoms with Gasteiger partial charge in [-0.15, -0.1) is 0 Å². The number of ketones is 1. The van der Waals surface area contributed by atoms with E-state index < -0.39 is 5.97 Å². The van der Waals surface area contributed by atoms with Gasteiger partial charge in [-0.1, -0.05) is 26.0 Å². The van der Waals surface area contributed by atoms with Crippen LogP contribution in [0.5, 0.6) is 5.75 Å². The van der Waals surface area contributed by atoms with E-state index in [0.29, 0.717) is 17.8 Å². The molecule has 0 atom stereocenters. The van der Waals surface area contributed by atoms with Crippen LogP contribution in [0, 0.1) is 5.41 Å². The number of Topliss-reactive ketones (excluding diaryl/α,β-unsaturated/α-hetero) is 1. The monoisotopic (exact) mass is 345 g/mol. The smallest absolute Gasteiger partial charge is 0.305 e. The largest absolute Gasteiger partial charge is 0.511 e. The number of aliphatic imine (C=N–C) groups is 1. The van der Waals surface area contributed by atoms with Crippen LogP contribution in [0.25, 0.3) is 0 Å². The zero-order valence-electron chi connectivity index (χ0n) is 14.7. The van der Waals surface area contributed by atoms with Gasteiger partial charge >= 0.3 is 5.97 Å². The molecule has 134 valence electrons. The second-order valence-corrected chi connectivity index (χ2v) is 6.89. The van der Waals surface area contributed by atoms with Crippen LogP contribution in [0.3, 0.4) is 0 Å². The molecule has 0 unspecified atom stereocenters. The standard InChI is InChI=1S/C19H23NO5/c1-19(2)10-13(20-12-6-4-5-7-14(12)21)18(16(23)11-19)15(22)8-9-17(24)25-3/h4-7,21-22H,8-11H2,1-3H3. The van der Waals surface area contributed by atoms with Crippen molar-refractivity contribution in [3.63, 3.8) is 0 Å². The molecule has 0 spiro atoms. The fraction of sp³-hybridized carbons (Fsp3) is 0.421. The summed E-state index contributed by atoms with van der Waals surface area (Å²) in [4.78, 5) is 28.3. The molecule has 1 aliphatic rings. The molecule has 0 heterocycles. The van der Waals surface area contributed by atoms with Crippen molar-refractivity contribution in [2.45, 2.75) is 39.5 Å². The number of carbonyl (C=O) groups excluding carboxylic acids is 2. The number of ether oxygens (including phenoxy) is 1. The Hall–Kier alpha value is -2.63. The number of allylic oxidation sites excluding steroid dienone is 2. The van der Waals surface area contributed by atoms with Gasteiger partial charge in [-0.3, -0.25) is 9.59 Å². The Morgan fingerprint density at radius 2 is 1.92 bits per heavy atom. The first-order chi connectivity index (χ1) is 11.7. The number of nitrogens with zero attached hydrogens (tertiary/aromatic N) is 1. The summed E-state index contributed by atoms with van der Waals surface area (Å²) < 4.78 is 4.57. The van der Waals surface area contributed by atoms with Gasteiger partial charge in [0.1, 0.15) is 17.2 Å². The Bertz CT molecular complexity index is 746. The summed E-state index contributed by atoms with van der Waals surface area (Å²) in [6.07, 6.45) is 0.745. The highest BCUT2D eigenvalue weighted by Gasteiger charge is 2.36. The van der Waals surface area contributed by atoms with Crippen LogP contribution in [0.4, 0.5) is 5.69 Å². The maximum absolute atomic E-state index is 12.6. The topological polar surface area (TPSA) is 96.2 Å². The van der Waals surface area contributed by atoms with Crippen LogP contribution >= 0.6 is 0 Å². The van der Waals surface area contributed by atoms with Crippen LogP contribution in [-0.4, -0.2) is 34.8 Å². The molecule has 0 aliphatic heterocycles. The van der Waals surface area contributed by atoms with Crippen molar-refractivity contribution in [2.24, 2.45) is 10.4 Å². The molecule has 1 aromatic carbocycles. The number of aliphatic hydroxyl groups excluding tert-OH is 1. The lowest BCUT2D eigenvalue weighted by Gasteiger charge is -2.31. The number of esters is 1. The predicted molar refractivity (Wildman–Crippen MR) is 94.1 cm³/mol. The van der Waals surface area contributed by atoms with Gasteiger partial charge in [0.2, 0.25) is 0 Å². The molecule has 2 N–H and O–H groups in total. The zero-order chi connectivity index (χ0) is 18.6. The fourth-order valence-electron chi connectivity index (χ4n) is 2.86.